The molecule has 0 aliphatic rings. The Labute approximate surface area is 164 Å². The highest BCUT2D eigenvalue weighted by Gasteiger charge is 2.21. The maximum Gasteiger partial charge on any atom is 0.252 e. The molecule has 2 N–H and O–H groups in total. The summed E-state index contributed by atoms with van der Waals surface area (Å²) < 4.78 is 40.1. The molecule has 0 bridgehead atoms. The van der Waals surface area contributed by atoms with Crippen molar-refractivity contribution in [1.82, 2.24) is 14.9 Å². The van der Waals surface area contributed by atoms with Crippen LogP contribution in [-0.4, -0.2) is 45.9 Å². The lowest BCUT2D eigenvalue weighted by Gasteiger charge is -2.20. The van der Waals surface area contributed by atoms with Gasteiger partial charge in [0.05, 0.1) is 6.04 Å². The van der Waals surface area contributed by atoms with Crippen LogP contribution in [0.15, 0.2) is 44.9 Å². The predicted molar refractivity (Wildman–Crippen MR) is 108 cm³/mol. The Hall–Kier alpha value is -1.97. The Balaban J connectivity index is 1.89. The summed E-state index contributed by atoms with van der Waals surface area (Å²) in [6.07, 6.45) is 0. The lowest BCUT2D eigenvalue weighted by Crippen LogP contribution is -2.42. The Bertz CT molecular complexity index is 883. The maximum absolute atomic E-state index is 13.7. The van der Waals surface area contributed by atoms with Crippen LogP contribution in [0.1, 0.15) is 24.1 Å². The van der Waals surface area contributed by atoms with Crippen molar-refractivity contribution in [1.29, 1.82) is 0 Å². The van der Waals surface area contributed by atoms with E-state index in [9.17, 15) is 12.8 Å². The van der Waals surface area contributed by atoms with Crippen molar-refractivity contribution in [2.75, 3.05) is 27.2 Å². The molecule has 0 aliphatic carbocycles. The van der Waals surface area contributed by atoms with Gasteiger partial charge >= 0.3 is 0 Å². The summed E-state index contributed by atoms with van der Waals surface area (Å²) in [5.41, 5.74) is 1.40. The average molecular weight is 413 g/mol. The first-order chi connectivity index (χ1) is 12.8. The van der Waals surface area contributed by atoms with Gasteiger partial charge < -0.3 is 10.6 Å². The van der Waals surface area contributed by atoms with Gasteiger partial charge in [-0.3, -0.25) is 4.99 Å². The van der Waals surface area contributed by atoms with Gasteiger partial charge in [-0.1, -0.05) is 18.2 Å². The zero-order valence-corrected chi connectivity index (χ0v) is 17.5. The molecule has 0 fully saturated rings. The fourth-order valence-corrected chi connectivity index (χ4v) is 4.75. The first-order valence-corrected chi connectivity index (χ1v) is 10.8. The van der Waals surface area contributed by atoms with Crippen molar-refractivity contribution < 1.29 is 12.8 Å². The van der Waals surface area contributed by atoms with Gasteiger partial charge in [0.25, 0.3) is 10.0 Å². The van der Waals surface area contributed by atoms with Gasteiger partial charge in [0.15, 0.2) is 5.96 Å². The van der Waals surface area contributed by atoms with E-state index in [0.29, 0.717) is 22.3 Å². The molecule has 0 aliphatic heterocycles. The Morgan fingerprint density at radius 2 is 2.11 bits per heavy atom. The molecule has 6 nitrogen and oxygen atoms in total. The van der Waals surface area contributed by atoms with Gasteiger partial charge in [-0.15, -0.1) is 11.3 Å². The lowest BCUT2D eigenvalue weighted by atomic mass is 10.1. The summed E-state index contributed by atoms with van der Waals surface area (Å²) in [5, 5.41) is 8.00. The molecule has 1 atom stereocenters. The Kier molecular flexibility index (Phi) is 7.34. The van der Waals surface area contributed by atoms with Crippen molar-refractivity contribution >= 4 is 27.3 Å². The van der Waals surface area contributed by atoms with E-state index < -0.39 is 10.0 Å². The average Bonchev–Trinajstić information content (AvgIpc) is 3.18. The second-order valence-electron chi connectivity index (χ2n) is 6.13. The summed E-state index contributed by atoms with van der Waals surface area (Å²) in [7, 11) is -0.290. The number of benzene rings is 1. The number of likely N-dealkylation sites (N-methyl/N-ethyl adjacent to an activating group) is 1. The van der Waals surface area contributed by atoms with Crippen LogP contribution in [0.4, 0.5) is 4.39 Å². The van der Waals surface area contributed by atoms with Crippen LogP contribution in [0.25, 0.3) is 0 Å². The van der Waals surface area contributed by atoms with Gasteiger partial charge in [0.1, 0.15) is 10.0 Å². The first kappa shape index (κ1) is 21.3. The van der Waals surface area contributed by atoms with Gasteiger partial charge in [-0.2, -0.15) is 4.31 Å². The molecule has 0 saturated heterocycles. The van der Waals surface area contributed by atoms with E-state index in [1.807, 2.05) is 13.0 Å². The quantitative estimate of drug-likeness (QED) is 0.542. The zero-order valence-electron chi connectivity index (χ0n) is 15.9. The van der Waals surface area contributed by atoms with Crippen molar-refractivity contribution in [3.8, 4) is 0 Å². The fourth-order valence-electron chi connectivity index (χ4n) is 2.38. The van der Waals surface area contributed by atoms with E-state index in [0.717, 1.165) is 5.56 Å². The summed E-state index contributed by atoms with van der Waals surface area (Å²) in [4.78, 5) is 4.14. The summed E-state index contributed by atoms with van der Waals surface area (Å²) in [6.45, 7) is 4.30. The normalized spacial score (nSPS) is 13.6. The molecule has 148 valence electrons. The third kappa shape index (κ3) is 5.50. The van der Waals surface area contributed by atoms with Gasteiger partial charge in [0, 0.05) is 27.2 Å². The molecule has 1 aromatic heterocycles. The van der Waals surface area contributed by atoms with Crippen LogP contribution in [0.2, 0.25) is 0 Å². The van der Waals surface area contributed by atoms with Crippen LogP contribution < -0.4 is 10.6 Å². The minimum atomic E-state index is -3.47. The highest BCUT2D eigenvalue weighted by atomic mass is 32.2. The molecule has 27 heavy (non-hydrogen) atoms. The topological polar surface area (TPSA) is 73.8 Å². The number of thiophene rings is 1. The van der Waals surface area contributed by atoms with E-state index in [4.69, 9.17) is 0 Å². The number of aliphatic imine (C=N–C) groups is 1. The SMILES string of the molecule is CN=C(NCCN(C)S(=O)(=O)c1cccs1)NC(C)c1ccc(C)c(F)c1. The molecule has 9 heteroatoms. The minimum Gasteiger partial charge on any atom is -0.355 e. The van der Waals surface area contributed by atoms with Crippen LogP contribution in [-0.2, 0) is 10.0 Å². The van der Waals surface area contributed by atoms with E-state index in [-0.39, 0.29) is 18.4 Å². The molecule has 2 aromatic rings. The number of halogens is 1. The summed E-state index contributed by atoms with van der Waals surface area (Å²) in [6, 6.07) is 8.26. The summed E-state index contributed by atoms with van der Waals surface area (Å²) in [5.74, 6) is 0.273. The molecule has 1 aromatic carbocycles. The van der Waals surface area contributed by atoms with Gasteiger partial charge in [-0.25, -0.2) is 12.8 Å². The summed E-state index contributed by atoms with van der Waals surface area (Å²) >= 11 is 1.19. The number of rotatable bonds is 7. The fraction of sp³-hybridized carbons (Fsp3) is 0.389. The standard InChI is InChI=1S/C18H25FN4O2S2/c1-13-7-8-15(12-16(13)19)14(2)22-18(20-3)21-9-10-23(4)27(24,25)17-6-5-11-26-17/h5-8,11-12,14H,9-10H2,1-4H3,(H2,20,21,22). The molecule has 1 unspecified atom stereocenters. The number of sulfonamides is 1. The third-order valence-corrected chi connectivity index (χ3v) is 7.38. The van der Waals surface area contributed by atoms with E-state index in [2.05, 4.69) is 15.6 Å². The van der Waals surface area contributed by atoms with Crippen LogP contribution in [0.3, 0.4) is 0 Å². The number of hydrogen-bond donors (Lipinski definition) is 2. The van der Waals surface area contributed by atoms with E-state index in [1.54, 1.807) is 44.6 Å². The molecule has 1 heterocycles. The van der Waals surface area contributed by atoms with E-state index in [1.165, 1.54) is 21.7 Å². The number of nitrogens with one attached hydrogen (secondary N) is 2. The number of nitrogens with zero attached hydrogens (tertiary/aromatic N) is 2. The second kappa shape index (κ2) is 9.29. The smallest absolute Gasteiger partial charge is 0.252 e. The van der Waals surface area contributed by atoms with Crippen LogP contribution >= 0.6 is 11.3 Å². The number of aryl methyl sites for hydroxylation is 1. The highest BCUT2D eigenvalue weighted by molar-refractivity contribution is 7.91. The lowest BCUT2D eigenvalue weighted by molar-refractivity contribution is 0.471. The molecular weight excluding hydrogens is 387 g/mol. The number of guanidine groups is 1. The predicted octanol–water partition coefficient (Wildman–Crippen LogP) is 2.74. The van der Waals surface area contributed by atoms with Crippen molar-refractivity contribution in [2.45, 2.75) is 24.1 Å². The second-order valence-corrected chi connectivity index (χ2v) is 9.35. The molecule has 0 amide bonds. The van der Waals surface area contributed by atoms with Crippen LogP contribution in [0.5, 0.6) is 0 Å². The van der Waals surface area contributed by atoms with E-state index >= 15 is 0 Å². The largest absolute Gasteiger partial charge is 0.355 e. The highest BCUT2D eigenvalue weighted by Crippen LogP contribution is 2.19. The van der Waals surface area contributed by atoms with Crippen molar-refractivity contribution in [3.63, 3.8) is 0 Å². The first-order valence-electron chi connectivity index (χ1n) is 8.48. The van der Waals surface area contributed by atoms with Crippen molar-refractivity contribution in [3.05, 3.63) is 52.7 Å². The maximum atomic E-state index is 13.7. The monoisotopic (exact) mass is 412 g/mol. The van der Waals surface area contributed by atoms with Gasteiger partial charge in [-0.05, 0) is 42.5 Å². The molecule has 2 rings (SSSR count). The number of hydrogen-bond acceptors (Lipinski definition) is 4. The van der Waals surface area contributed by atoms with Crippen molar-refractivity contribution in [2.24, 2.45) is 4.99 Å². The third-order valence-electron chi connectivity index (χ3n) is 4.15. The Morgan fingerprint density at radius 3 is 2.70 bits per heavy atom. The zero-order chi connectivity index (χ0) is 20.0. The molecule has 0 spiro atoms. The molecule has 0 saturated carbocycles. The Morgan fingerprint density at radius 1 is 1.37 bits per heavy atom. The molecule has 0 radical (unpaired) electrons. The minimum absolute atomic E-state index is 0.154. The van der Waals surface area contributed by atoms with Gasteiger partial charge in [0.2, 0.25) is 0 Å². The molecular formula is C18H25FN4O2S2. The van der Waals surface area contributed by atoms with Crippen LogP contribution in [0, 0.1) is 12.7 Å².